The summed E-state index contributed by atoms with van der Waals surface area (Å²) in [7, 11) is 0. The molecule has 3 atom stereocenters. The Kier molecular flexibility index (Phi) is 10.7. The van der Waals surface area contributed by atoms with E-state index in [1.54, 1.807) is 42.5 Å². The van der Waals surface area contributed by atoms with E-state index in [-0.39, 0.29) is 12.1 Å². The molecule has 2 amide bonds. The number of alkyl halides is 3. The summed E-state index contributed by atoms with van der Waals surface area (Å²) >= 11 is 6.09. The SMILES string of the molecule is CC(C)[C@H](CC(=O)[C@@H](NC(=O)[C@@H](Cc1cccc(Cl)c1)NC(=O)c1cnccn1)c1ccccc1)C(=O)C(F)(F)F. The maximum Gasteiger partial charge on any atom is 0.450 e. The lowest BCUT2D eigenvalue weighted by Gasteiger charge is -2.26. The number of aromatic nitrogens is 2. The monoisotopic (exact) mass is 588 g/mol. The van der Waals surface area contributed by atoms with Crippen molar-refractivity contribution in [3.05, 3.63) is 95.0 Å². The number of amides is 2. The highest BCUT2D eigenvalue weighted by atomic mass is 35.5. The molecule has 0 unspecified atom stereocenters. The van der Waals surface area contributed by atoms with Gasteiger partial charge in [-0.15, -0.1) is 0 Å². The van der Waals surface area contributed by atoms with Crippen LogP contribution in [0.4, 0.5) is 13.2 Å². The summed E-state index contributed by atoms with van der Waals surface area (Å²) in [5.74, 6) is -6.71. The lowest BCUT2D eigenvalue weighted by molar-refractivity contribution is -0.177. The van der Waals surface area contributed by atoms with E-state index in [0.717, 1.165) is 0 Å². The average Bonchev–Trinajstić information content (AvgIpc) is 2.94. The van der Waals surface area contributed by atoms with E-state index in [9.17, 15) is 32.3 Å². The van der Waals surface area contributed by atoms with E-state index in [4.69, 9.17) is 11.6 Å². The molecule has 12 heteroatoms. The lowest BCUT2D eigenvalue weighted by Crippen LogP contribution is -2.50. The van der Waals surface area contributed by atoms with Crippen molar-refractivity contribution in [2.24, 2.45) is 11.8 Å². The average molecular weight is 589 g/mol. The van der Waals surface area contributed by atoms with Crippen molar-refractivity contribution < 1.29 is 32.3 Å². The summed E-state index contributed by atoms with van der Waals surface area (Å²) < 4.78 is 39.8. The van der Waals surface area contributed by atoms with E-state index in [1.807, 2.05) is 0 Å². The predicted molar refractivity (Wildman–Crippen MR) is 145 cm³/mol. The second-order valence-corrected chi connectivity index (χ2v) is 10.1. The summed E-state index contributed by atoms with van der Waals surface area (Å²) in [6.45, 7) is 2.83. The van der Waals surface area contributed by atoms with Crippen LogP contribution in [0.3, 0.4) is 0 Å². The lowest BCUT2D eigenvalue weighted by atomic mass is 9.84. The molecule has 0 aliphatic heterocycles. The number of ketones is 2. The molecule has 2 N–H and O–H groups in total. The first-order chi connectivity index (χ1) is 19.4. The minimum atomic E-state index is -5.12. The standard InChI is InChI=1S/C29H28ClF3N4O4/c1-17(2)21(26(39)29(31,32)33)15-24(38)25(19-8-4-3-5-9-19)37-27(40)22(14-18-7-6-10-20(30)13-18)36-28(41)23-16-34-11-12-35-23/h3-13,16-17,21-22,25H,14-15H2,1-2H3,(H,36,41)(H,37,40)/t21-,22+,25-/m0/s1. The molecule has 0 fully saturated rings. The topological polar surface area (TPSA) is 118 Å². The molecule has 1 heterocycles. The van der Waals surface area contributed by atoms with Gasteiger partial charge in [-0.3, -0.25) is 24.2 Å². The highest BCUT2D eigenvalue weighted by molar-refractivity contribution is 6.30. The normalized spacial score (nSPS) is 13.6. The van der Waals surface area contributed by atoms with Crippen LogP contribution in [-0.2, 0) is 20.8 Å². The Labute approximate surface area is 239 Å². The Morgan fingerprint density at radius 2 is 1.66 bits per heavy atom. The van der Waals surface area contributed by atoms with Gasteiger partial charge in [0.15, 0.2) is 5.78 Å². The first-order valence-electron chi connectivity index (χ1n) is 12.7. The number of halogens is 4. The highest BCUT2D eigenvalue weighted by Crippen LogP contribution is 2.30. The second kappa shape index (κ2) is 14.0. The molecular formula is C29H28ClF3N4O4. The zero-order valence-electron chi connectivity index (χ0n) is 22.2. The third-order valence-electron chi connectivity index (χ3n) is 6.33. The minimum absolute atomic E-state index is 0.0325. The van der Waals surface area contributed by atoms with E-state index >= 15 is 0 Å². The molecular weight excluding hydrogens is 561 g/mol. The van der Waals surface area contributed by atoms with Crippen molar-refractivity contribution in [2.75, 3.05) is 0 Å². The van der Waals surface area contributed by atoms with Gasteiger partial charge in [0.05, 0.1) is 6.20 Å². The maximum absolute atomic E-state index is 13.6. The number of benzene rings is 2. The predicted octanol–water partition coefficient (Wildman–Crippen LogP) is 4.69. The van der Waals surface area contributed by atoms with Crippen LogP contribution in [-0.4, -0.2) is 45.6 Å². The zero-order chi connectivity index (χ0) is 30.2. The van der Waals surface area contributed by atoms with Gasteiger partial charge in [0, 0.05) is 36.2 Å². The number of rotatable bonds is 12. The van der Waals surface area contributed by atoms with Crippen molar-refractivity contribution in [3.8, 4) is 0 Å². The molecule has 0 spiro atoms. The number of carbonyl (C=O) groups is 4. The summed E-state index contributed by atoms with van der Waals surface area (Å²) in [6.07, 6.45) is -2.01. The summed E-state index contributed by atoms with van der Waals surface area (Å²) in [4.78, 5) is 59.8. The molecule has 1 aromatic heterocycles. The van der Waals surface area contributed by atoms with Gasteiger partial charge < -0.3 is 10.6 Å². The van der Waals surface area contributed by atoms with E-state index < -0.39 is 59.9 Å². The van der Waals surface area contributed by atoms with Crippen LogP contribution in [0.5, 0.6) is 0 Å². The van der Waals surface area contributed by atoms with Gasteiger partial charge in [-0.25, -0.2) is 4.98 Å². The smallest absolute Gasteiger partial charge is 0.340 e. The Hall–Kier alpha value is -4.12. The number of Topliss-reactive ketones (excluding diaryl/α,β-unsaturated/α-hetero) is 2. The molecule has 2 aromatic carbocycles. The van der Waals surface area contributed by atoms with Crippen molar-refractivity contribution in [1.82, 2.24) is 20.6 Å². The van der Waals surface area contributed by atoms with E-state index in [2.05, 4.69) is 20.6 Å². The van der Waals surface area contributed by atoms with E-state index in [0.29, 0.717) is 16.1 Å². The number of hydrogen-bond donors (Lipinski definition) is 2. The Morgan fingerprint density at radius 3 is 2.24 bits per heavy atom. The summed E-state index contributed by atoms with van der Waals surface area (Å²) in [5, 5.41) is 5.56. The molecule has 0 radical (unpaired) electrons. The van der Waals surface area contributed by atoms with Crippen LogP contribution in [0, 0.1) is 11.8 Å². The van der Waals surface area contributed by atoms with Gasteiger partial charge in [0.25, 0.3) is 5.91 Å². The van der Waals surface area contributed by atoms with Crippen molar-refractivity contribution in [2.45, 2.75) is 44.9 Å². The number of hydrogen-bond acceptors (Lipinski definition) is 6. The first kappa shape index (κ1) is 31.4. The zero-order valence-corrected chi connectivity index (χ0v) is 22.9. The quantitative estimate of drug-likeness (QED) is 0.317. The molecule has 0 aliphatic rings. The molecule has 216 valence electrons. The maximum atomic E-state index is 13.6. The third kappa shape index (κ3) is 8.94. The van der Waals surface area contributed by atoms with Crippen molar-refractivity contribution >= 4 is 35.0 Å². The van der Waals surface area contributed by atoms with Gasteiger partial charge in [0.1, 0.15) is 17.8 Å². The van der Waals surface area contributed by atoms with Crippen LogP contribution >= 0.6 is 11.6 Å². The van der Waals surface area contributed by atoms with Crippen LogP contribution < -0.4 is 10.6 Å². The number of nitrogens with one attached hydrogen (secondary N) is 2. The number of nitrogens with zero attached hydrogens (tertiary/aromatic N) is 2. The van der Waals surface area contributed by atoms with Gasteiger partial charge >= 0.3 is 6.18 Å². The van der Waals surface area contributed by atoms with Crippen LogP contribution in [0.2, 0.25) is 5.02 Å². The molecule has 3 aromatic rings. The largest absolute Gasteiger partial charge is 0.450 e. The molecule has 0 aliphatic carbocycles. The Morgan fingerprint density at radius 1 is 0.951 bits per heavy atom. The molecule has 0 saturated carbocycles. The van der Waals surface area contributed by atoms with Gasteiger partial charge in [0.2, 0.25) is 11.7 Å². The van der Waals surface area contributed by atoms with E-state index in [1.165, 1.54) is 44.6 Å². The Bertz CT molecular complexity index is 1370. The first-order valence-corrected chi connectivity index (χ1v) is 13.0. The van der Waals surface area contributed by atoms with Crippen molar-refractivity contribution in [1.29, 1.82) is 0 Å². The van der Waals surface area contributed by atoms with Gasteiger partial charge in [-0.05, 0) is 29.2 Å². The van der Waals surface area contributed by atoms with Crippen LogP contribution in [0.1, 0.15) is 47.9 Å². The molecule has 0 saturated heterocycles. The highest BCUT2D eigenvalue weighted by Gasteiger charge is 2.45. The van der Waals surface area contributed by atoms with Gasteiger partial charge in [-0.2, -0.15) is 13.2 Å². The van der Waals surface area contributed by atoms with Crippen LogP contribution in [0.15, 0.2) is 73.2 Å². The fraction of sp³-hybridized carbons (Fsp3) is 0.310. The van der Waals surface area contributed by atoms with Gasteiger partial charge in [-0.1, -0.05) is 67.9 Å². The number of carbonyl (C=O) groups excluding carboxylic acids is 4. The molecule has 8 nitrogen and oxygen atoms in total. The fourth-order valence-corrected chi connectivity index (χ4v) is 4.38. The fourth-order valence-electron chi connectivity index (χ4n) is 4.17. The third-order valence-corrected chi connectivity index (χ3v) is 6.57. The summed E-state index contributed by atoms with van der Waals surface area (Å²) in [6, 6.07) is 11.9. The molecule has 0 bridgehead atoms. The minimum Gasteiger partial charge on any atom is -0.340 e. The molecule has 41 heavy (non-hydrogen) atoms. The molecule has 3 rings (SSSR count). The summed E-state index contributed by atoms with van der Waals surface area (Å²) in [5.41, 5.74) is 0.836. The second-order valence-electron chi connectivity index (χ2n) is 9.69. The Balaban J connectivity index is 1.92. The van der Waals surface area contributed by atoms with Crippen molar-refractivity contribution in [3.63, 3.8) is 0 Å². The van der Waals surface area contributed by atoms with Crippen LogP contribution in [0.25, 0.3) is 0 Å².